The Bertz CT molecular complexity index is 579. The molecule has 0 aliphatic carbocycles. The predicted molar refractivity (Wildman–Crippen MR) is 82.2 cm³/mol. The molecule has 2 aromatic rings. The van der Waals surface area contributed by atoms with E-state index in [2.05, 4.69) is 41.4 Å². The maximum Gasteiger partial charge on any atom is 0.233 e. The summed E-state index contributed by atoms with van der Waals surface area (Å²) in [6, 6.07) is 3.48. The van der Waals surface area contributed by atoms with Crippen molar-refractivity contribution in [1.82, 2.24) is 20.2 Å². The van der Waals surface area contributed by atoms with Crippen molar-refractivity contribution >= 4 is 21.7 Å². The van der Waals surface area contributed by atoms with Crippen molar-refractivity contribution in [3.05, 3.63) is 22.3 Å². The first kappa shape index (κ1) is 15.6. The topological polar surface area (TPSA) is 82.1 Å². The normalized spacial score (nSPS) is 10.5. The first-order valence-electron chi connectivity index (χ1n) is 6.36. The summed E-state index contributed by atoms with van der Waals surface area (Å²) in [6.07, 6.45) is 0. The quantitative estimate of drug-likeness (QED) is 0.852. The number of nitrogens with one attached hydrogen (secondary N) is 1. The molecule has 0 aliphatic heterocycles. The molecule has 1 N–H and O–H groups in total. The summed E-state index contributed by atoms with van der Waals surface area (Å²) < 4.78 is 10.9. The molecule has 0 fully saturated rings. The fraction of sp³-hybridized carbons (Fsp3) is 0.385. The summed E-state index contributed by atoms with van der Waals surface area (Å²) in [5.74, 6) is 1.63. The largest absolute Gasteiger partial charge is 0.480 e. The lowest BCUT2D eigenvalue weighted by Crippen LogP contribution is -2.07. The molecule has 2 rings (SSSR count). The summed E-state index contributed by atoms with van der Waals surface area (Å²) in [6.45, 7) is 3.12. The van der Waals surface area contributed by atoms with E-state index >= 15 is 0 Å². The molecule has 0 saturated heterocycles. The van der Waals surface area contributed by atoms with Crippen LogP contribution in [0.25, 0.3) is 11.5 Å². The molecule has 0 atom stereocenters. The monoisotopic (exact) mass is 353 g/mol. The number of anilines is 1. The molecule has 0 saturated carbocycles. The van der Waals surface area contributed by atoms with Gasteiger partial charge in [0.2, 0.25) is 5.88 Å². The Morgan fingerprint density at radius 1 is 1.19 bits per heavy atom. The average Bonchev–Trinajstić information content (AvgIpc) is 2.51. The van der Waals surface area contributed by atoms with Gasteiger partial charge in [0.05, 0.1) is 23.9 Å². The van der Waals surface area contributed by atoms with Gasteiger partial charge in [0, 0.05) is 19.7 Å². The molecule has 0 spiro atoms. The van der Waals surface area contributed by atoms with E-state index in [4.69, 9.17) is 9.47 Å². The van der Waals surface area contributed by atoms with Crippen LogP contribution in [0, 0.1) is 0 Å². The van der Waals surface area contributed by atoms with E-state index in [0.29, 0.717) is 29.8 Å². The summed E-state index contributed by atoms with van der Waals surface area (Å²) in [7, 11) is 3.16. The number of hydrogen-bond acceptors (Lipinski definition) is 7. The van der Waals surface area contributed by atoms with Crippen LogP contribution in [-0.2, 0) is 11.3 Å². The molecule has 0 amide bonds. The lowest BCUT2D eigenvalue weighted by atomic mass is 10.3. The third-order valence-corrected chi connectivity index (χ3v) is 3.46. The third kappa shape index (κ3) is 3.64. The van der Waals surface area contributed by atoms with Crippen molar-refractivity contribution in [1.29, 1.82) is 0 Å². The van der Waals surface area contributed by atoms with Gasteiger partial charge in [0.1, 0.15) is 11.5 Å². The highest BCUT2D eigenvalue weighted by molar-refractivity contribution is 9.10. The molecule has 112 valence electrons. The number of aromatic nitrogens is 4. The van der Waals surface area contributed by atoms with E-state index in [1.165, 1.54) is 0 Å². The SMILES string of the molecule is CCNc1nc(-c2ccc(OC)nn2)nc(COC)c1Br. The third-order valence-electron chi connectivity index (χ3n) is 2.62. The molecule has 0 unspecified atom stereocenters. The molecule has 7 nitrogen and oxygen atoms in total. The van der Waals surface area contributed by atoms with Crippen LogP contribution < -0.4 is 10.1 Å². The van der Waals surface area contributed by atoms with Gasteiger partial charge in [0.25, 0.3) is 0 Å². The molecule has 0 bridgehead atoms. The van der Waals surface area contributed by atoms with Crippen LogP contribution in [0.3, 0.4) is 0 Å². The fourth-order valence-corrected chi connectivity index (χ4v) is 2.11. The van der Waals surface area contributed by atoms with Crippen molar-refractivity contribution < 1.29 is 9.47 Å². The minimum absolute atomic E-state index is 0.373. The Labute approximate surface area is 131 Å². The molecule has 0 aliphatic rings. The van der Waals surface area contributed by atoms with Crippen LogP contribution in [-0.4, -0.2) is 40.9 Å². The first-order chi connectivity index (χ1) is 10.2. The maximum absolute atomic E-state index is 5.17. The van der Waals surface area contributed by atoms with Crippen LogP contribution in [0.5, 0.6) is 5.88 Å². The smallest absolute Gasteiger partial charge is 0.233 e. The first-order valence-corrected chi connectivity index (χ1v) is 7.16. The minimum atomic E-state index is 0.373. The molecule has 0 aromatic carbocycles. The highest BCUT2D eigenvalue weighted by atomic mass is 79.9. The van der Waals surface area contributed by atoms with Gasteiger partial charge < -0.3 is 14.8 Å². The maximum atomic E-state index is 5.17. The zero-order valence-corrected chi connectivity index (χ0v) is 13.6. The van der Waals surface area contributed by atoms with Gasteiger partial charge in [-0.1, -0.05) is 0 Å². The van der Waals surface area contributed by atoms with Gasteiger partial charge in [-0.2, -0.15) is 0 Å². The van der Waals surface area contributed by atoms with Crippen molar-refractivity contribution in [2.24, 2.45) is 0 Å². The van der Waals surface area contributed by atoms with Crippen molar-refractivity contribution in [2.75, 3.05) is 26.1 Å². The lowest BCUT2D eigenvalue weighted by molar-refractivity contribution is 0.181. The molecular weight excluding hydrogens is 338 g/mol. The summed E-state index contributed by atoms with van der Waals surface area (Å²) in [5.41, 5.74) is 1.32. The van der Waals surface area contributed by atoms with E-state index < -0.39 is 0 Å². The zero-order chi connectivity index (χ0) is 15.2. The second-order valence-electron chi connectivity index (χ2n) is 4.08. The molecule has 0 radical (unpaired) electrons. The van der Waals surface area contributed by atoms with Crippen molar-refractivity contribution in [2.45, 2.75) is 13.5 Å². The van der Waals surface area contributed by atoms with Crippen LogP contribution in [0.2, 0.25) is 0 Å². The van der Waals surface area contributed by atoms with Crippen LogP contribution >= 0.6 is 15.9 Å². The van der Waals surface area contributed by atoms with Gasteiger partial charge in [-0.3, -0.25) is 0 Å². The van der Waals surface area contributed by atoms with Crippen LogP contribution in [0.4, 0.5) is 5.82 Å². The van der Waals surface area contributed by atoms with Crippen LogP contribution in [0.15, 0.2) is 16.6 Å². The Balaban J connectivity index is 2.45. The highest BCUT2D eigenvalue weighted by Crippen LogP contribution is 2.27. The van der Waals surface area contributed by atoms with Crippen LogP contribution in [0.1, 0.15) is 12.6 Å². The number of halogens is 1. The Morgan fingerprint density at radius 3 is 2.57 bits per heavy atom. The van der Waals surface area contributed by atoms with E-state index in [9.17, 15) is 0 Å². The lowest BCUT2D eigenvalue weighted by Gasteiger charge is -2.11. The zero-order valence-electron chi connectivity index (χ0n) is 12.1. The standard InChI is InChI=1S/C13H16BrN5O2/c1-4-15-13-11(14)9(7-20-2)16-12(17-13)8-5-6-10(21-3)19-18-8/h5-6H,4,7H2,1-3H3,(H,15,16,17). The Morgan fingerprint density at radius 2 is 2.00 bits per heavy atom. The summed E-state index contributed by atoms with van der Waals surface area (Å²) in [5, 5.41) is 11.2. The van der Waals surface area contributed by atoms with E-state index in [1.54, 1.807) is 26.4 Å². The molecular formula is C13H16BrN5O2. The average molecular weight is 354 g/mol. The molecule has 21 heavy (non-hydrogen) atoms. The summed E-state index contributed by atoms with van der Waals surface area (Å²) >= 11 is 3.49. The second kappa shape index (κ2) is 7.28. The second-order valence-corrected chi connectivity index (χ2v) is 4.87. The van der Waals surface area contributed by atoms with Gasteiger partial charge in [-0.15, -0.1) is 10.2 Å². The Hall–Kier alpha value is -1.80. The van der Waals surface area contributed by atoms with Gasteiger partial charge in [-0.05, 0) is 28.9 Å². The molecule has 8 heteroatoms. The number of ether oxygens (including phenoxy) is 2. The van der Waals surface area contributed by atoms with Gasteiger partial charge in [0.15, 0.2) is 5.82 Å². The van der Waals surface area contributed by atoms with Crippen molar-refractivity contribution in [3.63, 3.8) is 0 Å². The predicted octanol–water partition coefficient (Wildman–Crippen LogP) is 2.28. The van der Waals surface area contributed by atoms with E-state index in [1.807, 2.05) is 6.92 Å². The number of hydrogen-bond donors (Lipinski definition) is 1. The molecule has 2 aromatic heterocycles. The fourth-order valence-electron chi connectivity index (χ4n) is 1.67. The number of methoxy groups -OCH3 is 2. The van der Waals surface area contributed by atoms with E-state index in [0.717, 1.165) is 16.7 Å². The minimum Gasteiger partial charge on any atom is -0.480 e. The summed E-state index contributed by atoms with van der Waals surface area (Å²) in [4.78, 5) is 8.93. The number of nitrogens with zero attached hydrogens (tertiary/aromatic N) is 4. The Kier molecular flexibility index (Phi) is 5.40. The highest BCUT2D eigenvalue weighted by Gasteiger charge is 2.14. The van der Waals surface area contributed by atoms with Gasteiger partial charge in [-0.25, -0.2) is 9.97 Å². The van der Waals surface area contributed by atoms with Gasteiger partial charge >= 0.3 is 0 Å². The number of rotatable bonds is 6. The van der Waals surface area contributed by atoms with Crippen molar-refractivity contribution in [3.8, 4) is 17.4 Å². The van der Waals surface area contributed by atoms with E-state index in [-0.39, 0.29) is 0 Å². The molecule has 2 heterocycles.